The number of carbonyl (C=O) groups excluding carboxylic acids is 1. The third-order valence-electron chi connectivity index (χ3n) is 2.22. The highest BCUT2D eigenvalue weighted by atomic mass is 16.5. The smallest absolute Gasteiger partial charge is 0.311 e. The van der Waals surface area contributed by atoms with Crippen LogP contribution in [0.1, 0.15) is 20.3 Å². The van der Waals surface area contributed by atoms with Gasteiger partial charge in [-0.1, -0.05) is 0 Å². The van der Waals surface area contributed by atoms with Crippen LogP contribution in [-0.4, -0.2) is 25.3 Å². The molecule has 0 amide bonds. The van der Waals surface area contributed by atoms with Crippen molar-refractivity contribution in [3.05, 3.63) is 0 Å². The number of esters is 1. The second kappa shape index (κ2) is 2.81. The average molecular weight is 158 g/mol. The van der Waals surface area contributed by atoms with E-state index < -0.39 is 0 Å². The van der Waals surface area contributed by atoms with Gasteiger partial charge in [-0.25, -0.2) is 0 Å². The molecule has 0 saturated heterocycles. The summed E-state index contributed by atoms with van der Waals surface area (Å²) in [5.41, 5.74) is -0.244. The van der Waals surface area contributed by atoms with Crippen molar-refractivity contribution >= 4 is 5.97 Å². The summed E-state index contributed by atoms with van der Waals surface area (Å²) in [5.74, 6) is -0.163. The van der Waals surface area contributed by atoms with E-state index in [0.717, 1.165) is 6.42 Å². The van der Waals surface area contributed by atoms with Gasteiger partial charge >= 0.3 is 5.97 Å². The maximum absolute atomic E-state index is 11.1. The maximum atomic E-state index is 11.1. The lowest BCUT2D eigenvalue weighted by atomic mass is 10.3. The number of ether oxygens (including phenoxy) is 2. The van der Waals surface area contributed by atoms with Gasteiger partial charge < -0.3 is 9.47 Å². The second-order valence-electron chi connectivity index (χ2n) is 3.03. The van der Waals surface area contributed by atoms with Gasteiger partial charge in [0.1, 0.15) is 0 Å². The first-order valence-electron chi connectivity index (χ1n) is 3.86. The lowest BCUT2D eigenvalue weighted by Gasteiger charge is -2.07. The molecule has 0 aromatic rings. The Hall–Kier alpha value is -0.570. The predicted octanol–water partition coefficient (Wildman–Crippen LogP) is 0.975. The third kappa shape index (κ3) is 1.53. The minimum atomic E-state index is -0.244. The van der Waals surface area contributed by atoms with Crippen LogP contribution in [0.2, 0.25) is 0 Å². The van der Waals surface area contributed by atoms with Crippen molar-refractivity contribution in [1.82, 2.24) is 0 Å². The minimum Gasteiger partial charge on any atom is -0.466 e. The van der Waals surface area contributed by atoms with Crippen LogP contribution in [0.15, 0.2) is 0 Å². The van der Waals surface area contributed by atoms with Gasteiger partial charge in [-0.05, 0) is 20.3 Å². The molecule has 1 fully saturated rings. The molecule has 0 radical (unpaired) electrons. The molecule has 0 N–H and O–H groups in total. The molecule has 0 aliphatic heterocycles. The first kappa shape index (κ1) is 8.53. The Kier molecular flexibility index (Phi) is 2.18. The monoisotopic (exact) mass is 158 g/mol. The third-order valence-corrected chi connectivity index (χ3v) is 2.22. The van der Waals surface area contributed by atoms with Crippen LogP contribution in [0.25, 0.3) is 0 Å². The van der Waals surface area contributed by atoms with Crippen molar-refractivity contribution in [3.63, 3.8) is 0 Å². The molecule has 3 nitrogen and oxygen atoms in total. The van der Waals surface area contributed by atoms with Crippen molar-refractivity contribution in [3.8, 4) is 0 Å². The van der Waals surface area contributed by atoms with E-state index in [1.54, 1.807) is 7.11 Å². The molecule has 0 heterocycles. The highest BCUT2D eigenvalue weighted by Crippen LogP contribution is 2.46. The summed E-state index contributed by atoms with van der Waals surface area (Å²) in [5, 5.41) is 0. The molecule has 3 heteroatoms. The van der Waals surface area contributed by atoms with Crippen molar-refractivity contribution in [1.29, 1.82) is 0 Å². The zero-order valence-corrected chi connectivity index (χ0v) is 7.22. The van der Waals surface area contributed by atoms with Gasteiger partial charge in [-0.3, -0.25) is 4.79 Å². The molecule has 0 bridgehead atoms. The van der Waals surface area contributed by atoms with Crippen LogP contribution in [0, 0.1) is 5.92 Å². The largest absolute Gasteiger partial charge is 0.466 e. The first-order valence-corrected chi connectivity index (χ1v) is 3.86. The number of hydrogen-bond acceptors (Lipinski definition) is 3. The van der Waals surface area contributed by atoms with E-state index >= 15 is 0 Å². The summed E-state index contributed by atoms with van der Waals surface area (Å²) in [4.78, 5) is 11.1. The van der Waals surface area contributed by atoms with Gasteiger partial charge in [0.15, 0.2) is 0 Å². The highest BCUT2D eigenvalue weighted by molar-refractivity contribution is 5.77. The Balaban J connectivity index is 2.36. The van der Waals surface area contributed by atoms with E-state index in [1.807, 2.05) is 13.8 Å². The summed E-state index contributed by atoms with van der Waals surface area (Å²) >= 11 is 0. The van der Waals surface area contributed by atoms with E-state index in [9.17, 15) is 4.79 Å². The van der Waals surface area contributed by atoms with Crippen molar-refractivity contribution < 1.29 is 14.3 Å². The molecule has 2 atom stereocenters. The molecule has 11 heavy (non-hydrogen) atoms. The van der Waals surface area contributed by atoms with Crippen LogP contribution in [0.3, 0.4) is 0 Å². The van der Waals surface area contributed by atoms with Crippen molar-refractivity contribution in [2.75, 3.05) is 13.7 Å². The molecule has 0 spiro atoms. The summed E-state index contributed by atoms with van der Waals surface area (Å²) in [7, 11) is 1.62. The van der Waals surface area contributed by atoms with Gasteiger partial charge in [-0.15, -0.1) is 0 Å². The fraction of sp³-hybridized carbons (Fsp3) is 0.875. The minimum absolute atomic E-state index is 0.0348. The summed E-state index contributed by atoms with van der Waals surface area (Å²) in [6, 6.07) is 0. The Morgan fingerprint density at radius 3 is 2.73 bits per heavy atom. The van der Waals surface area contributed by atoms with Crippen LogP contribution in [0.4, 0.5) is 0 Å². The van der Waals surface area contributed by atoms with Crippen LogP contribution < -0.4 is 0 Å². The van der Waals surface area contributed by atoms with E-state index in [0.29, 0.717) is 6.61 Å². The molecular weight excluding hydrogens is 144 g/mol. The number of hydrogen-bond donors (Lipinski definition) is 0. The lowest BCUT2D eigenvalue weighted by Crippen LogP contribution is -2.17. The number of methoxy groups -OCH3 is 1. The molecule has 0 aromatic heterocycles. The van der Waals surface area contributed by atoms with E-state index in [1.165, 1.54) is 0 Å². The molecule has 64 valence electrons. The predicted molar refractivity (Wildman–Crippen MR) is 40.2 cm³/mol. The quantitative estimate of drug-likeness (QED) is 0.574. The highest BCUT2D eigenvalue weighted by Gasteiger charge is 2.56. The zero-order chi connectivity index (χ0) is 8.48. The SMILES string of the molecule is CCOC(=O)C1CC1(C)OC. The summed E-state index contributed by atoms with van der Waals surface area (Å²) in [6.07, 6.45) is 0.794. The topological polar surface area (TPSA) is 35.5 Å². The van der Waals surface area contributed by atoms with E-state index in [-0.39, 0.29) is 17.5 Å². The first-order chi connectivity index (χ1) is 5.14. The zero-order valence-electron chi connectivity index (χ0n) is 7.22. The summed E-state index contributed by atoms with van der Waals surface area (Å²) < 4.78 is 9.97. The molecule has 1 saturated carbocycles. The fourth-order valence-corrected chi connectivity index (χ4v) is 1.15. The second-order valence-corrected chi connectivity index (χ2v) is 3.03. The maximum Gasteiger partial charge on any atom is 0.311 e. The molecule has 2 unspecified atom stereocenters. The van der Waals surface area contributed by atoms with Crippen LogP contribution in [0.5, 0.6) is 0 Å². The van der Waals surface area contributed by atoms with E-state index in [4.69, 9.17) is 9.47 Å². The van der Waals surface area contributed by atoms with Crippen LogP contribution in [-0.2, 0) is 14.3 Å². The Labute approximate surface area is 66.7 Å². The van der Waals surface area contributed by atoms with Gasteiger partial charge in [0, 0.05) is 7.11 Å². The Morgan fingerprint density at radius 2 is 2.36 bits per heavy atom. The standard InChI is InChI=1S/C8H14O3/c1-4-11-7(9)6-5-8(6,2)10-3/h6H,4-5H2,1-3H3. The normalized spacial score (nSPS) is 35.0. The molecule has 1 rings (SSSR count). The molecular formula is C8H14O3. The average Bonchev–Trinajstić information content (AvgIpc) is 2.65. The van der Waals surface area contributed by atoms with Crippen molar-refractivity contribution in [2.45, 2.75) is 25.9 Å². The van der Waals surface area contributed by atoms with Crippen LogP contribution >= 0.6 is 0 Å². The van der Waals surface area contributed by atoms with E-state index in [2.05, 4.69) is 0 Å². The molecule has 1 aliphatic carbocycles. The number of carbonyl (C=O) groups is 1. The lowest BCUT2D eigenvalue weighted by molar-refractivity contribution is -0.146. The van der Waals surface area contributed by atoms with Gasteiger partial charge in [0.05, 0.1) is 18.1 Å². The van der Waals surface area contributed by atoms with Gasteiger partial charge in [-0.2, -0.15) is 0 Å². The molecule has 0 aromatic carbocycles. The summed E-state index contributed by atoms with van der Waals surface area (Å²) in [6.45, 7) is 4.19. The number of rotatable bonds is 3. The van der Waals surface area contributed by atoms with Crippen molar-refractivity contribution in [2.24, 2.45) is 5.92 Å². The van der Waals surface area contributed by atoms with Gasteiger partial charge in [0.2, 0.25) is 0 Å². The Bertz CT molecular complexity index is 167. The fourth-order valence-electron chi connectivity index (χ4n) is 1.15. The molecule has 1 aliphatic rings. The Morgan fingerprint density at radius 1 is 1.73 bits per heavy atom. The van der Waals surface area contributed by atoms with Gasteiger partial charge in [0.25, 0.3) is 0 Å².